The second-order valence-corrected chi connectivity index (χ2v) is 7.88. The first kappa shape index (κ1) is 22.0. The maximum atomic E-state index is 10.4. The molecular formula is C21H24N8O5. The Labute approximate surface area is 192 Å². The van der Waals surface area contributed by atoms with Gasteiger partial charge in [0, 0.05) is 23.5 Å². The summed E-state index contributed by atoms with van der Waals surface area (Å²) in [5.74, 6) is -0.148. The zero-order valence-electron chi connectivity index (χ0n) is 17.9. The highest BCUT2D eigenvalue weighted by atomic mass is 16.6. The third-order valence-corrected chi connectivity index (χ3v) is 5.69. The first-order chi connectivity index (χ1) is 16.5. The van der Waals surface area contributed by atoms with Crippen molar-refractivity contribution in [2.24, 2.45) is 16.5 Å². The fourth-order valence-corrected chi connectivity index (χ4v) is 4.03. The van der Waals surface area contributed by atoms with Crippen molar-refractivity contribution in [3.8, 4) is 6.01 Å². The van der Waals surface area contributed by atoms with Crippen LogP contribution >= 0.6 is 0 Å². The third kappa shape index (κ3) is 3.90. The molecule has 4 atom stereocenters. The molecule has 4 aromatic rings. The Balaban J connectivity index is 1.44. The predicted octanol–water partition coefficient (Wildman–Crippen LogP) is -0.554. The van der Waals surface area contributed by atoms with Crippen LogP contribution in [0.5, 0.6) is 6.01 Å². The fraction of sp³-hybridized carbons (Fsp3) is 0.333. The van der Waals surface area contributed by atoms with Gasteiger partial charge in [0.1, 0.15) is 18.3 Å². The van der Waals surface area contributed by atoms with E-state index in [1.54, 1.807) is 0 Å². The van der Waals surface area contributed by atoms with E-state index in [1.165, 1.54) is 10.9 Å². The number of para-hydroxylation sites is 1. The number of aliphatic hydroxyl groups excluding tert-OH is 3. The Morgan fingerprint density at radius 2 is 2.03 bits per heavy atom. The Kier molecular flexibility index (Phi) is 5.75. The third-order valence-electron chi connectivity index (χ3n) is 5.69. The number of nitrogens with zero attached hydrogens (tertiary/aromatic N) is 5. The van der Waals surface area contributed by atoms with E-state index in [0.29, 0.717) is 6.42 Å². The summed E-state index contributed by atoms with van der Waals surface area (Å²) in [5, 5.41) is 31.1. The molecule has 1 aliphatic rings. The molecule has 1 saturated heterocycles. The lowest BCUT2D eigenvalue weighted by Gasteiger charge is -2.16. The van der Waals surface area contributed by atoms with Gasteiger partial charge in [0.05, 0.1) is 19.5 Å². The maximum Gasteiger partial charge on any atom is 0.320 e. The summed E-state index contributed by atoms with van der Waals surface area (Å²) >= 11 is 0. The number of imidazole rings is 1. The molecule has 8 N–H and O–H groups in total. The van der Waals surface area contributed by atoms with Gasteiger partial charge in [-0.05, 0) is 11.6 Å². The molecule has 178 valence electrons. The number of guanidine groups is 1. The highest BCUT2D eigenvalue weighted by molar-refractivity contribution is 5.87. The van der Waals surface area contributed by atoms with Gasteiger partial charge in [0.15, 0.2) is 29.2 Å². The number of aliphatic imine (C=N–C) groups is 1. The quantitative estimate of drug-likeness (QED) is 0.151. The van der Waals surface area contributed by atoms with Crippen molar-refractivity contribution in [2.75, 3.05) is 13.2 Å². The van der Waals surface area contributed by atoms with Gasteiger partial charge in [0.25, 0.3) is 0 Å². The van der Waals surface area contributed by atoms with Crippen LogP contribution in [0, 0.1) is 0 Å². The monoisotopic (exact) mass is 468 g/mol. The second kappa shape index (κ2) is 8.87. The summed E-state index contributed by atoms with van der Waals surface area (Å²) in [5.41, 5.74) is 13.7. The number of hydrogen-bond acceptors (Lipinski definition) is 9. The minimum absolute atomic E-state index is 0.000773. The van der Waals surface area contributed by atoms with Crippen molar-refractivity contribution < 1.29 is 24.8 Å². The highest BCUT2D eigenvalue weighted by Gasteiger charge is 2.44. The molecule has 13 nitrogen and oxygen atoms in total. The molecule has 1 aliphatic heterocycles. The van der Waals surface area contributed by atoms with Crippen molar-refractivity contribution in [1.29, 1.82) is 0 Å². The Hall–Kier alpha value is -3.78. The number of hydrogen-bond donors (Lipinski definition) is 6. The number of fused-ring (bicyclic) bond motifs is 2. The largest absolute Gasteiger partial charge is 0.463 e. The molecule has 0 radical (unpaired) electrons. The normalized spacial score (nSPS) is 22.4. The van der Waals surface area contributed by atoms with E-state index in [2.05, 4.69) is 24.9 Å². The fourth-order valence-electron chi connectivity index (χ4n) is 4.03. The van der Waals surface area contributed by atoms with Gasteiger partial charge in [-0.3, -0.25) is 4.57 Å². The highest BCUT2D eigenvalue weighted by Crippen LogP contribution is 2.33. The smallest absolute Gasteiger partial charge is 0.320 e. The van der Waals surface area contributed by atoms with Crippen LogP contribution in [-0.2, 0) is 11.2 Å². The zero-order valence-corrected chi connectivity index (χ0v) is 17.9. The average molecular weight is 468 g/mol. The van der Waals surface area contributed by atoms with Gasteiger partial charge >= 0.3 is 6.01 Å². The minimum Gasteiger partial charge on any atom is -0.463 e. The minimum atomic E-state index is -1.32. The molecule has 0 aliphatic carbocycles. The molecule has 0 unspecified atom stereocenters. The van der Waals surface area contributed by atoms with E-state index in [-0.39, 0.29) is 35.6 Å². The summed E-state index contributed by atoms with van der Waals surface area (Å²) < 4.78 is 12.8. The Bertz CT molecular complexity index is 1350. The van der Waals surface area contributed by atoms with Crippen molar-refractivity contribution >= 4 is 33.8 Å². The van der Waals surface area contributed by atoms with Gasteiger partial charge in [-0.25, -0.2) is 4.98 Å². The molecule has 1 fully saturated rings. The van der Waals surface area contributed by atoms with Crippen LogP contribution < -0.4 is 16.2 Å². The van der Waals surface area contributed by atoms with E-state index in [1.807, 2.05) is 30.5 Å². The molecule has 1 aromatic carbocycles. The molecule has 0 amide bonds. The molecule has 34 heavy (non-hydrogen) atoms. The lowest BCUT2D eigenvalue weighted by molar-refractivity contribution is -0.0511. The van der Waals surface area contributed by atoms with Crippen molar-refractivity contribution in [2.45, 2.75) is 31.0 Å². The number of aliphatic hydroxyl groups is 3. The van der Waals surface area contributed by atoms with Crippen LogP contribution in [0.25, 0.3) is 22.1 Å². The number of aromatic amines is 1. The second-order valence-electron chi connectivity index (χ2n) is 7.88. The average Bonchev–Trinajstić information content (AvgIpc) is 3.50. The van der Waals surface area contributed by atoms with Crippen molar-refractivity contribution in [3.05, 3.63) is 42.4 Å². The maximum absolute atomic E-state index is 10.4. The van der Waals surface area contributed by atoms with Crippen molar-refractivity contribution in [1.82, 2.24) is 24.5 Å². The first-order valence-corrected chi connectivity index (χ1v) is 10.6. The van der Waals surface area contributed by atoms with E-state index in [9.17, 15) is 15.3 Å². The Morgan fingerprint density at radius 3 is 2.79 bits per heavy atom. The van der Waals surface area contributed by atoms with Crippen LogP contribution in [0.4, 0.5) is 5.82 Å². The van der Waals surface area contributed by atoms with Crippen molar-refractivity contribution in [3.63, 3.8) is 0 Å². The van der Waals surface area contributed by atoms with Gasteiger partial charge in [-0.1, -0.05) is 18.2 Å². The first-order valence-electron chi connectivity index (χ1n) is 10.6. The van der Waals surface area contributed by atoms with E-state index in [0.717, 1.165) is 16.5 Å². The summed E-state index contributed by atoms with van der Waals surface area (Å²) in [7, 11) is 0. The topological polar surface area (TPSA) is 203 Å². The molecule has 0 bridgehead atoms. The molecule has 0 spiro atoms. The van der Waals surface area contributed by atoms with E-state index in [4.69, 9.17) is 20.9 Å². The molecule has 0 saturated carbocycles. The van der Waals surface area contributed by atoms with Crippen LogP contribution in [0.2, 0.25) is 0 Å². The standard InChI is InChI=1S/C21H24N8O5/c22-20(23)26-17-14-18(29(9-25-14)19-16(32)15(31)13(8-30)34-19)28-21(27-17)33-6-5-10-7-24-12-4-2-1-3-11(10)12/h1-4,7,9,13,15-16,19,24,30-32H,5-6,8H2,(H4,22,23,26,27,28)/t13-,15-,16-,19-/m1/s1. The molecule has 4 heterocycles. The van der Waals surface area contributed by atoms with Gasteiger partial charge in [0.2, 0.25) is 0 Å². The molecule has 5 rings (SSSR count). The van der Waals surface area contributed by atoms with Gasteiger partial charge in [-0.15, -0.1) is 0 Å². The summed E-state index contributed by atoms with van der Waals surface area (Å²) in [4.78, 5) is 20.2. The number of benzene rings is 1. The molecule has 13 heteroatoms. The zero-order chi connectivity index (χ0) is 23.8. The van der Waals surface area contributed by atoms with E-state index >= 15 is 0 Å². The number of ether oxygens (including phenoxy) is 2. The predicted molar refractivity (Wildman–Crippen MR) is 121 cm³/mol. The molecule has 3 aromatic heterocycles. The number of nitrogens with two attached hydrogens (primary N) is 2. The van der Waals surface area contributed by atoms with Crippen LogP contribution in [0.1, 0.15) is 11.8 Å². The lowest BCUT2D eigenvalue weighted by Crippen LogP contribution is -2.33. The SMILES string of the molecule is NC(N)=Nc1nc(OCCc2c[nH]c3ccccc23)nc2c1ncn2[C@@H]1O[C@H](CO)[C@@H](O)[C@H]1O. The van der Waals surface area contributed by atoms with Crippen LogP contribution in [0.3, 0.4) is 0 Å². The summed E-state index contributed by atoms with van der Waals surface area (Å²) in [6.07, 6.45) is -0.708. The van der Waals surface area contributed by atoms with Gasteiger partial charge < -0.3 is 41.2 Å². The number of nitrogens with one attached hydrogen (secondary N) is 1. The Morgan fingerprint density at radius 1 is 1.21 bits per heavy atom. The molecular weight excluding hydrogens is 444 g/mol. The number of aromatic nitrogens is 5. The van der Waals surface area contributed by atoms with Gasteiger partial charge in [-0.2, -0.15) is 15.0 Å². The lowest BCUT2D eigenvalue weighted by atomic mass is 10.1. The van der Waals surface area contributed by atoms with Crippen LogP contribution in [0.15, 0.2) is 41.8 Å². The number of H-pyrrole nitrogens is 1. The van der Waals surface area contributed by atoms with Crippen LogP contribution in [-0.4, -0.2) is 77.3 Å². The van der Waals surface area contributed by atoms with E-state index < -0.39 is 31.1 Å². The summed E-state index contributed by atoms with van der Waals surface area (Å²) in [6, 6.07) is 7.96. The number of rotatable bonds is 7. The summed E-state index contributed by atoms with van der Waals surface area (Å²) in [6.45, 7) is -0.186.